The van der Waals surface area contributed by atoms with Gasteiger partial charge in [-0.1, -0.05) is 17.1 Å². The van der Waals surface area contributed by atoms with E-state index in [1.807, 2.05) is 0 Å². The average molecular weight is 170 g/mol. The standard InChI is InChI=1S/C7H5BClFO/c8-5-2-6(9)4(3-11)1-7(5)10/h1-2,11H,3H2. The zero-order valence-corrected chi connectivity index (χ0v) is 6.40. The van der Waals surface area contributed by atoms with Gasteiger partial charge in [0.25, 0.3) is 0 Å². The summed E-state index contributed by atoms with van der Waals surface area (Å²) in [7, 11) is 5.20. The lowest BCUT2D eigenvalue weighted by Crippen LogP contribution is -2.09. The molecule has 0 aliphatic carbocycles. The summed E-state index contributed by atoms with van der Waals surface area (Å²) < 4.78 is 12.7. The van der Waals surface area contributed by atoms with Crippen LogP contribution in [0.3, 0.4) is 0 Å². The molecule has 0 unspecified atom stereocenters. The number of aliphatic hydroxyl groups is 1. The van der Waals surface area contributed by atoms with E-state index in [2.05, 4.69) is 0 Å². The summed E-state index contributed by atoms with van der Waals surface area (Å²) in [4.78, 5) is 0. The Hall–Kier alpha value is -0.535. The fourth-order valence-corrected chi connectivity index (χ4v) is 0.956. The van der Waals surface area contributed by atoms with Crippen LogP contribution in [-0.4, -0.2) is 13.0 Å². The highest BCUT2D eigenvalue weighted by atomic mass is 35.5. The molecule has 0 saturated heterocycles. The first-order valence-electron chi connectivity index (χ1n) is 2.99. The molecule has 1 aromatic carbocycles. The third-order valence-corrected chi connectivity index (χ3v) is 1.69. The lowest BCUT2D eigenvalue weighted by molar-refractivity contribution is 0.281. The minimum Gasteiger partial charge on any atom is -0.392 e. The topological polar surface area (TPSA) is 20.2 Å². The van der Waals surface area contributed by atoms with E-state index in [1.54, 1.807) is 0 Å². The number of hydrogen-bond donors (Lipinski definition) is 1. The number of benzene rings is 1. The van der Waals surface area contributed by atoms with Crippen LogP contribution in [0, 0.1) is 5.82 Å². The maximum Gasteiger partial charge on any atom is 0.117 e. The molecule has 11 heavy (non-hydrogen) atoms. The van der Waals surface area contributed by atoms with Crippen LogP contribution >= 0.6 is 11.6 Å². The second-order valence-electron chi connectivity index (χ2n) is 2.12. The van der Waals surface area contributed by atoms with Crippen molar-refractivity contribution in [2.24, 2.45) is 0 Å². The molecule has 1 N–H and O–H groups in total. The molecule has 0 bridgehead atoms. The molecule has 1 aromatic rings. The van der Waals surface area contributed by atoms with Crippen LogP contribution in [0.15, 0.2) is 12.1 Å². The van der Waals surface area contributed by atoms with E-state index in [-0.39, 0.29) is 17.1 Å². The molecular weight excluding hydrogens is 165 g/mol. The predicted molar refractivity (Wildman–Crippen MR) is 42.7 cm³/mol. The van der Waals surface area contributed by atoms with Gasteiger partial charge in [-0.25, -0.2) is 4.39 Å². The summed E-state index contributed by atoms with van der Waals surface area (Å²) in [5.41, 5.74) is 0.338. The van der Waals surface area contributed by atoms with Crippen molar-refractivity contribution in [2.75, 3.05) is 0 Å². The zero-order chi connectivity index (χ0) is 8.43. The van der Waals surface area contributed by atoms with Crippen LogP contribution in [0.25, 0.3) is 0 Å². The van der Waals surface area contributed by atoms with E-state index in [9.17, 15) is 4.39 Å². The van der Waals surface area contributed by atoms with E-state index < -0.39 is 5.82 Å². The highest BCUT2D eigenvalue weighted by Crippen LogP contribution is 2.14. The van der Waals surface area contributed by atoms with Crippen molar-refractivity contribution < 1.29 is 9.50 Å². The number of hydrogen-bond acceptors (Lipinski definition) is 1. The van der Waals surface area contributed by atoms with Gasteiger partial charge in [-0.3, -0.25) is 0 Å². The molecule has 0 amide bonds. The highest BCUT2D eigenvalue weighted by molar-refractivity contribution is 6.36. The van der Waals surface area contributed by atoms with Crippen molar-refractivity contribution >= 4 is 24.9 Å². The van der Waals surface area contributed by atoms with Gasteiger partial charge < -0.3 is 5.11 Å². The van der Waals surface area contributed by atoms with Gasteiger partial charge in [0.1, 0.15) is 13.7 Å². The molecule has 0 heterocycles. The second kappa shape index (κ2) is 3.24. The highest BCUT2D eigenvalue weighted by Gasteiger charge is 2.03. The minimum absolute atomic E-state index is 0.00722. The molecule has 0 fully saturated rings. The molecule has 4 heteroatoms. The van der Waals surface area contributed by atoms with Gasteiger partial charge in [0.15, 0.2) is 0 Å². The lowest BCUT2D eigenvalue weighted by atomic mass is 9.94. The van der Waals surface area contributed by atoms with Gasteiger partial charge in [-0.05, 0) is 17.7 Å². The maximum absolute atomic E-state index is 12.7. The molecule has 56 valence electrons. The molecule has 2 radical (unpaired) electrons. The zero-order valence-electron chi connectivity index (χ0n) is 5.64. The monoisotopic (exact) mass is 170 g/mol. The smallest absolute Gasteiger partial charge is 0.117 e. The van der Waals surface area contributed by atoms with Gasteiger partial charge >= 0.3 is 0 Å². The normalized spacial score (nSPS) is 10.1. The Kier molecular flexibility index (Phi) is 2.52. The fourth-order valence-electron chi connectivity index (χ4n) is 0.725. The quantitative estimate of drug-likeness (QED) is 0.617. The molecule has 0 aliphatic rings. The first-order valence-corrected chi connectivity index (χ1v) is 3.37. The van der Waals surface area contributed by atoms with Crippen LogP contribution < -0.4 is 5.46 Å². The third kappa shape index (κ3) is 1.73. The minimum atomic E-state index is -0.557. The average Bonchev–Trinajstić information content (AvgIpc) is 1.97. The van der Waals surface area contributed by atoms with E-state index in [1.165, 1.54) is 6.07 Å². The first kappa shape index (κ1) is 8.56. The van der Waals surface area contributed by atoms with Crippen molar-refractivity contribution in [3.05, 3.63) is 28.5 Å². The van der Waals surface area contributed by atoms with Crippen LogP contribution in [0.5, 0.6) is 0 Å². The number of halogens is 2. The van der Waals surface area contributed by atoms with Crippen molar-refractivity contribution in [2.45, 2.75) is 6.61 Å². The largest absolute Gasteiger partial charge is 0.392 e. The Morgan fingerprint density at radius 3 is 2.73 bits per heavy atom. The molecule has 0 atom stereocenters. The SMILES string of the molecule is [B]c1cc(Cl)c(CO)cc1F. The van der Waals surface area contributed by atoms with Crippen molar-refractivity contribution in [3.8, 4) is 0 Å². The van der Waals surface area contributed by atoms with Crippen molar-refractivity contribution in [1.82, 2.24) is 0 Å². The van der Waals surface area contributed by atoms with Crippen molar-refractivity contribution in [3.63, 3.8) is 0 Å². The third-order valence-electron chi connectivity index (χ3n) is 1.34. The fraction of sp³-hybridized carbons (Fsp3) is 0.143. The van der Waals surface area contributed by atoms with Crippen LogP contribution in [0.1, 0.15) is 5.56 Å². The molecule has 1 nitrogen and oxygen atoms in total. The van der Waals surface area contributed by atoms with E-state index in [0.29, 0.717) is 5.56 Å². The van der Waals surface area contributed by atoms with E-state index in [4.69, 9.17) is 24.6 Å². The van der Waals surface area contributed by atoms with E-state index >= 15 is 0 Å². The molecule has 0 aromatic heterocycles. The van der Waals surface area contributed by atoms with Gasteiger partial charge in [0, 0.05) is 5.02 Å². The Morgan fingerprint density at radius 2 is 2.18 bits per heavy atom. The lowest BCUT2D eigenvalue weighted by Gasteiger charge is -2.02. The van der Waals surface area contributed by atoms with Gasteiger partial charge in [-0.15, -0.1) is 0 Å². The molecule has 1 rings (SSSR count). The number of rotatable bonds is 1. The summed E-state index contributed by atoms with van der Waals surface area (Å²) in [6, 6.07) is 2.40. The summed E-state index contributed by atoms with van der Waals surface area (Å²) in [5.74, 6) is -0.557. The summed E-state index contributed by atoms with van der Waals surface area (Å²) in [5, 5.41) is 8.93. The molecular formula is C7H5BClFO. The van der Waals surface area contributed by atoms with Gasteiger partial charge in [0.05, 0.1) is 6.61 Å². The Balaban J connectivity index is 3.21. The Bertz CT molecular complexity index is 277. The molecule has 0 spiro atoms. The van der Waals surface area contributed by atoms with Crippen LogP contribution in [-0.2, 0) is 6.61 Å². The Morgan fingerprint density at radius 1 is 1.55 bits per heavy atom. The number of aliphatic hydroxyl groups excluding tert-OH is 1. The van der Waals surface area contributed by atoms with Crippen molar-refractivity contribution in [1.29, 1.82) is 0 Å². The van der Waals surface area contributed by atoms with Gasteiger partial charge in [0.2, 0.25) is 0 Å². The maximum atomic E-state index is 12.7. The summed E-state index contributed by atoms with van der Waals surface area (Å²) >= 11 is 5.59. The molecule has 0 saturated carbocycles. The Labute approximate surface area is 70.2 Å². The second-order valence-corrected chi connectivity index (χ2v) is 2.53. The summed E-state index contributed by atoms with van der Waals surface area (Å²) in [6.45, 7) is -0.282. The first-order chi connectivity index (χ1) is 5.15. The molecule has 0 aliphatic heterocycles. The van der Waals surface area contributed by atoms with Crippen LogP contribution in [0.2, 0.25) is 5.02 Å². The summed E-state index contributed by atoms with van der Waals surface area (Å²) in [6.07, 6.45) is 0. The van der Waals surface area contributed by atoms with E-state index in [0.717, 1.165) is 6.07 Å². The predicted octanol–water partition coefficient (Wildman–Crippen LogP) is 0.765. The van der Waals surface area contributed by atoms with Gasteiger partial charge in [-0.2, -0.15) is 0 Å². The van der Waals surface area contributed by atoms with Crippen LogP contribution in [0.4, 0.5) is 4.39 Å².